The minimum atomic E-state index is -0.323. The van der Waals surface area contributed by atoms with Crippen LogP contribution in [0.15, 0.2) is 24.3 Å². The van der Waals surface area contributed by atoms with Gasteiger partial charge < -0.3 is 5.11 Å². The summed E-state index contributed by atoms with van der Waals surface area (Å²) in [6, 6.07) is 8.18. The highest BCUT2D eigenvalue weighted by atomic mass is 16.3. The third-order valence-corrected chi connectivity index (χ3v) is 3.15. The zero-order valence-corrected chi connectivity index (χ0v) is 9.03. The summed E-state index contributed by atoms with van der Waals surface area (Å²) in [5.74, 6) is 6.28. The van der Waals surface area contributed by atoms with E-state index >= 15 is 0 Å². The fourth-order valence-corrected chi connectivity index (χ4v) is 2.25. The van der Waals surface area contributed by atoms with Crippen LogP contribution >= 0.6 is 0 Å². The molecule has 1 nitrogen and oxygen atoms in total. The first-order valence-corrected chi connectivity index (χ1v) is 5.48. The van der Waals surface area contributed by atoms with Gasteiger partial charge in [0, 0.05) is 12.3 Å². The zero-order valence-electron chi connectivity index (χ0n) is 9.03. The molecule has 0 saturated carbocycles. The number of rotatable bonds is 1. The molecule has 78 valence electrons. The van der Waals surface area contributed by atoms with Crippen LogP contribution in [-0.2, 0) is 6.42 Å². The Morgan fingerprint density at radius 3 is 3.00 bits per heavy atom. The highest BCUT2D eigenvalue weighted by Crippen LogP contribution is 2.35. The lowest BCUT2D eigenvalue weighted by Crippen LogP contribution is -2.20. The lowest BCUT2D eigenvalue weighted by atomic mass is 9.80. The van der Waals surface area contributed by atoms with Crippen molar-refractivity contribution in [2.45, 2.75) is 32.3 Å². The lowest BCUT2D eigenvalue weighted by molar-refractivity contribution is 0.0963. The summed E-state index contributed by atoms with van der Waals surface area (Å²) >= 11 is 0. The summed E-state index contributed by atoms with van der Waals surface area (Å²) in [5.41, 5.74) is 2.40. The van der Waals surface area contributed by atoms with E-state index in [1.54, 1.807) is 0 Å². The fraction of sp³-hybridized carbons (Fsp3) is 0.429. The zero-order chi connectivity index (χ0) is 10.7. The van der Waals surface area contributed by atoms with E-state index < -0.39 is 0 Å². The Balaban J connectivity index is 2.20. The minimum absolute atomic E-state index is 0.312. The molecule has 0 aliphatic heterocycles. The maximum absolute atomic E-state index is 10.2. The van der Waals surface area contributed by atoms with E-state index in [9.17, 15) is 5.11 Å². The van der Waals surface area contributed by atoms with Crippen LogP contribution in [0.2, 0.25) is 0 Å². The molecule has 1 aliphatic rings. The van der Waals surface area contributed by atoms with Crippen molar-refractivity contribution in [3.63, 3.8) is 0 Å². The normalized spacial score (nSPS) is 23.9. The van der Waals surface area contributed by atoms with Gasteiger partial charge in [0.1, 0.15) is 0 Å². The average molecular weight is 200 g/mol. The number of aryl methyl sites for hydroxylation is 1. The topological polar surface area (TPSA) is 20.2 Å². The highest BCUT2D eigenvalue weighted by molar-refractivity contribution is 5.32. The Bertz CT molecular complexity index is 397. The molecule has 1 aromatic rings. The summed E-state index contributed by atoms with van der Waals surface area (Å²) in [7, 11) is 0. The number of aliphatic hydroxyl groups is 1. The van der Waals surface area contributed by atoms with Crippen LogP contribution in [0.4, 0.5) is 0 Å². The van der Waals surface area contributed by atoms with Crippen molar-refractivity contribution >= 4 is 0 Å². The van der Waals surface area contributed by atoms with Crippen molar-refractivity contribution in [1.29, 1.82) is 0 Å². The largest absolute Gasteiger partial charge is 0.388 e. The molecule has 0 aromatic heterocycles. The van der Waals surface area contributed by atoms with E-state index in [1.807, 2.05) is 25.1 Å². The van der Waals surface area contributed by atoms with Gasteiger partial charge in [0.05, 0.1) is 6.10 Å². The number of benzene rings is 1. The second-order valence-corrected chi connectivity index (χ2v) is 4.07. The predicted molar refractivity (Wildman–Crippen MR) is 61.3 cm³/mol. The van der Waals surface area contributed by atoms with Crippen LogP contribution < -0.4 is 0 Å². The second kappa shape index (κ2) is 4.51. The summed E-state index contributed by atoms with van der Waals surface area (Å²) in [4.78, 5) is 0. The third kappa shape index (κ3) is 2.06. The van der Waals surface area contributed by atoms with Gasteiger partial charge in [-0.1, -0.05) is 24.3 Å². The molecule has 0 bridgehead atoms. The van der Waals surface area contributed by atoms with Crippen molar-refractivity contribution in [2.24, 2.45) is 5.92 Å². The maximum atomic E-state index is 10.2. The molecule has 1 heteroatoms. The molecule has 1 aromatic carbocycles. The van der Waals surface area contributed by atoms with E-state index in [4.69, 9.17) is 0 Å². The monoisotopic (exact) mass is 200 g/mol. The fourth-order valence-electron chi connectivity index (χ4n) is 2.25. The smallest absolute Gasteiger partial charge is 0.0830 e. The van der Waals surface area contributed by atoms with E-state index in [0.717, 1.165) is 24.8 Å². The number of hydrogen-bond acceptors (Lipinski definition) is 1. The summed E-state index contributed by atoms with van der Waals surface area (Å²) in [6.45, 7) is 1.85. The average Bonchev–Trinajstić information content (AvgIpc) is 2.29. The quantitative estimate of drug-likeness (QED) is 0.691. The molecule has 0 radical (unpaired) electrons. The van der Waals surface area contributed by atoms with Crippen LogP contribution in [0, 0.1) is 17.8 Å². The van der Waals surface area contributed by atoms with Crippen molar-refractivity contribution in [1.82, 2.24) is 0 Å². The van der Waals surface area contributed by atoms with Gasteiger partial charge in [-0.25, -0.2) is 0 Å². The molecule has 2 atom stereocenters. The Labute approximate surface area is 91.1 Å². The van der Waals surface area contributed by atoms with E-state index in [0.29, 0.717) is 5.92 Å². The molecular formula is C14H16O. The number of fused-ring (bicyclic) bond motifs is 1. The lowest BCUT2D eigenvalue weighted by Gasteiger charge is -2.28. The van der Waals surface area contributed by atoms with Crippen molar-refractivity contribution in [2.75, 3.05) is 0 Å². The summed E-state index contributed by atoms with van der Waals surface area (Å²) in [5, 5.41) is 10.2. The van der Waals surface area contributed by atoms with Crippen LogP contribution in [0.1, 0.15) is 37.0 Å². The van der Waals surface area contributed by atoms with Gasteiger partial charge in [0.2, 0.25) is 0 Å². The molecular weight excluding hydrogens is 184 g/mol. The predicted octanol–water partition coefficient (Wildman–Crippen LogP) is 2.70. The number of aliphatic hydroxyl groups excluding tert-OH is 1. The van der Waals surface area contributed by atoms with Crippen LogP contribution in [0.25, 0.3) is 0 Å². The van der Waals surface area contributed by atoms with Crippen molar-refractivity contribution in [3.8, 4) is 11.8 Å². The Morgan fingerprint density at radius 2 is 2.20 bits per heavy atom. The van der Waals surface area contributed by atoms with Gasteiger partial charge >= 0.3 is 0 Å². The van der Waals surface area contributed by atoms with Gasteiger partial charge in [0.15, 0.2) is 0 Å². The minimum Gasteiger partial charge on any atom is -0.388 e. The molecule has 15 heavy (non-hydrogen) atoms. The van der Waals surface area contributed by atoms with E-state index in [2.05, 4.69) is 17.9 Å². The Morgan fingerprint density at radius 1 is 1.40 bits per heavy atom. The molecule has 0 heterocycles. The molecule has 0 fully saturated rings. The Hall–Kier alpha value is -1.26. The van der Waals surface area contributed by atoms with Gasteiger partial charge in [-0.05, 0) is 30.9 Å². The first-order valence-electron chi connectivity index (χ1n) is 5.48. The Kier molecular flexibility index (Phi) is 3.08. The summed E-state index contributed by atoms with van der Waals surface area (Å²) in [6.07, 6.45) is 2.61. The van der Waals surface area contributed by atoms with Gasteiger partial charge in [-0.2, -0.15) is 0 Å². The molecule has 0 saturated heterocycles. The molecule has 1 N–H and O–H groups in total. The first-order chi connectivity index (χ1) is 7.33. The van der Waals surface area contributed by atoms with Crippen molar-refractivity contribution < 1.29 is 5.11 Å². The summed E-state index contributed by atoms with van der Waals surface area (Å²) < 4.78 is 0. The van der Waals surface area contributed by atoms with Gasteiger partial charge in [-0.15, -0.1) is 11.8 Å². The van der Waals surface area contributed by atoms with Crippen LogP contribution in [0.5, 0.6) is 0 Å². The molecule has 0 amide bonds. The second-order valence-electron chi connectivity index (χ2n) is 4.07. The van der Waals surface area contributed by atoms with Crippen molar-refractivity contribution in [3.05, 3.63) is 35.4 Å². The SMILES string of the molecule is CC#CCC1CCc2ccccc2C1O. The molecule has 2 rings (SSSR count). The van der Waals surface area contributed by atoms with Gasteiger partial charge in [-0.3, -0.25) is 0 Å². The standard InChI is InChI=1S/C14H16O/c1-2-3-6-12-10-9-11-7-4-5-8-13(11)14(12)15/h4-5,7-8,12,14-15H,6,9-10H2,1H3. The van der Waals surface area contributed by atoms with Crippen LogP contribution in [0.3, 0.4) is 0 Å². The molecule has 2 unspecified atom stereocenters. The number of hydrogen-bond donors (Lipinski definition) is 1. The first kappa shape index (κ1) is 10.3. The van der Waals surface area contributed by atoms with Crippen LogP contribution in [-0.4, -0.2) is 5.11 Å². The highest BCUT2D eigenvalue weighted by Gasteiger charge is 2.26. The third-order valence-electron chi connectivity index (χ3n) is 3.15. The molecule has 0 spiro atoms. The van der Waals surface area contributed by atoms with E-state index in [-0.39, 0.29) is 6.10 Å². The molecule has 1 aliphatic carbocycles. The van der Waals surface area contributed by atoms with E-state index in [1.165, 1.54) is 5.56 Å². The van der Waals surface area contributed by atoms with Gasteiger partial charge in [0.25, 0.3) is 0 Å². The maximum Gasteiger partial charge on any atom is 0.0830 e.